The zero-order chi connectivity index (χ0) is 46.0. The van der Waals surface area contributed by atoms with E-state index < -0.39 is 68.5 Å². The van der Waals surface area contributed by atoms with Crippen molar-refractivity contribution in [1.29, 1.82) is 0 Å². The van der Waals surface area contributed by atoms with Gasteiger partial charge in [0.1, 0.15) is 0 Å². The molecule has 3 aromatic carbocycles. The van der Waals surface area contributed by atoms with Gasteiger partial charge in [0.2, 0.25) is 25.0 Å². The number of allylic oxidation sites excluding steroid dienone is 2. The summed E-state index contributed by atoms with van der Waals surface area (Å²) in [6.45, 7) is 26.5. The number of rotatable bonds is 19. The number of terminal acetylenes is 1. The molecule has 3 rings (SSSR count). The van der Waals surface area contributed by atoms with E-state index in [0.29, 0.717) is 19.3 Å². The third-order valence-electron chi connectivity index (χ3n) is 8.55. The van der Waals surface area contributed by atoms with Gasteiger partial charge < -0.3 is 27.7 Å². The Morgan fingerprint density at radius 3 is 1.10 bits per heavy atom. The molecule has 15 heteroatoms. The molecule has 0 heterocycles. The normalized spacial score (nSPS) is 12.0. The quantitative estimate of drug-likeness (QED) is 0.0794. The van der Waals surface area contributed by atoms with Crippen LogP contribution in [0.3, 0.4) is 0 Å². The molecular weight excluding hydrogens is 853 g/mol. The summed E-state index contributed by atoms with van der Waals surface area (Å²) in [4.78, 5) is 30.6. The number of carboxylic acids is 3. The summed E-state index contributed by atoms with van der Waals surface area (Å²) in [6.07, 6.45) is 10.6. The lowest BCUT2D eigenvalue weighted by Gasteiger charge is -2.32. The molecule has 3 N–H and O–H groups in total. The summed E-state index contributed by atoms with van der Waals surface area (Å²) in [5, 5.41) is 29.2. The zero-order valence-corrected chi connectivity index (χ0v) is 44.3. The minimum absolute atomic E-state index is 0.0799. The van der Waals surface area contributed by atoms with Crippen LogP contribution in [0, 0.1) is 12.3 Å². The van der Waals surface area contributed by atoms with Gasteiger partial charge in [-0.05, 0) is 107 Å². The fourth-order valence-corrected chi connectivity index (χ4v) is 27.7. The second kappa shape index (κ2) is 28.0. The van der Waals surface area contributed by atoms with Crippen LogP contribution in [-0.2, 0) is 26.7 Å². The highest BCUT2D eigenvalue weighted by Crippen LogP contribution is 2.18. The van der Waals surface area contributed by atoms with Crippen LogP contribution in [0.5, 0.6) is 0 Å². The molecule has 0 aliphatic carbocycles. The van der Waals surface area contributed by atoms with Crippen LogP contribution >= 0.6 is 0 Å². The third-order valence-corrected chi connectivity index (χ3v) is 28.3. The molecule has 60 heavy (non-hydrogen) atoms. The predicted octanol–water partition coefficient (Wildman–Crippen LogP) is 9.14. The maximum Gasteiger partial charge on any atom is 0.304 e. The highest BCUT2D eigenvalue weighted by atomic mass is 28.4. The first-order valence-corrected chi connectivity index (χ1v) is 37.9. The van der Waals surface area contributed by atoms with Crippen LogP contribution in [0.15, 0.2) is 115 Å². The first-order valence-electron chi connectivity index (χ1n) is 20.4. The number of hydrogen-bond donors (Lipinski definition) is 3. The van der Waals surface area contributed by atoms with E-state index in [2.05, 4.69) is 150 Å². The summed E-state index contributed by atoms with van der Waals surface area (Å²) >= 11 is 0. The molecule has 0 saturated carbocycles. The lowest BCUT2D eigenvalue weighted by Crippen LogP contribution is -2.51. The van der Waals surface area contributed by atoms with Crippen molar-refractivity contribution < 1.29 is 42.0 Å². The maximum absolute atomic E-state index is 10.5. The fourth-order valence-electron chi connectivity index (χ4n) is 6.00. The molecule has 0 amide bonds. The Morgan fingerprint density at radius 2 is 0.850 bits per heavy atom. The summed E-state index contributed by atoms with van der Waals surface area (Å²) in [5.74, 6) is -0.128. The van der Waals surface area contributed by atoms with Crippen LogP contribution in [0.2, 0.25) is 78.6 Å². The molecule has 0 atom stereocenters. The Hall–Kier alpha value is -3.71. The zero-order valence-electron chi connectivity index (χ0n) is 38.2. The SMILES string of the molecule is C#CCCC(=O)O.C[SiH](C)O[Si](C)(C)c1ccccc1.C[Si](C)(/C=C/CCC(=O)O)O[Si](C)(C)c1ccccc1.C[Si](C)(/C=C\CCC(=O)O)O[Si](C)(C)c1ccccc1. The molecule has 0 unspecified atom stereocenters. The van der Waals surface area contributed by atoms with Crippen LogP contribution < -0.4 is 15.6 Å². The molecule has 0 aromatic heterocycles. The topological polar surface area (TPSA) is 140 Å². The number of hydrogen-bond acceptors (Lipinski definition) is 6. The van der Waals surface area contributed by atoms with E-state index in [-0.39, 0.29) is 19.3 Å². The van der Waals surface area contributed by atoms with E-state index in [1.807, 2.05) is 48.6 Å². The highest BCUT2D eigenvalue weighted by molar-refractivity contribution is 6.94. The molecular formula is C45H72O9Si6. The number of carbonyl (C=O) groups is 3. The molecule has 0 saturated heterocycles. The van der Waals surface area contributed by atoms with Crippen molar-refractivity contribution in [2.45, 2.75) is 117 Å². The van der Waals surface area contributed by atoms with Gasteiger partial charge in [-0.15, -0.1) is 12.3 Å². The molecule has 0 aliphatic rings. The Bertz CT molecular complexity index is 1700. The summed E-state index contributed by atoms with van der Waals surface area (Å²) in [7, 11) is -10.1. The number of benzene rings is 3. The van der Waals surface area contributed by atoms with E-state index in [9.17, 15) is 14.4 Å². The Balaban J connectivity index is 0.000000820. The van der Waals surface area contributed by atoms with Crippen molar-refractivity contribution in [3.8, 4) is 12.3 Å². The predicted molar refractivity (Wildman–Crippen MR) is 265 cm³/mol. The molecule has 0 spiro atoms. The Morgan fingerprint density at radius 1 is 0.550 bits per heavy atom. The van der Waals surface area contributed by atoms with Gasteiger partial charge >= 0.3 is 17.9 Å². The van der Waals surface area contributed by atoms with Crippen molar-refractivity contribution in [2.24, 2.45) is 0 Å². The van der Waals surface area contributed by atoms with Gasteiger partial charge in [-0.25, -0.2) is 0 Å². The van der Waals surface area contributed by atoms with E-state index in [1.54, 1.807) is 0 Å². The minimum atomic E-state index is -1.91. The van der Waals surface area contributed by atoms with Crippen LogP contribution in [0.25, 0.3) is 0 Å². The van der Waals surface area contributed by atoms with E-state index >= 15 is 0 Å². The Kier molecular flexibility index (Phi) is 26.3. The van der Waals surface area contributed by atoms with Gasteiger partial charge in [-0.2, -0.15) is 0 Å². The smallest absolute Gasteiger partial charge is 0.304 e. The maximum atomic E-state index is 10.5. The average molecular weight is 926 g/mol. The van der Waals surface area contributed by atoms with Gasteiger partial charge in [-0.3, -0.25) is 14.4 Å². The lowest BCUT2D eigenvalue weighted by molar-refractivity contribution is -0.137. The largest absolute Gasteiger partial charge is 0.481 e. The second-order valence-corrected chi connectivity index (χ2v) is 39.5. The van der Waals surface area contributed by atoms with Gasteiger partial charge in [0.05, 0.1) is 6.42 Å². The van der Waals surface area contributed by atoms with E-state index in [1.165, 1.54) is 15.6 Å². The standard InChI is InChI=1S/2C15H24O3Si2.C10H18OSi2.C5H6O2/c2*1-19(2,13-9-8-12-15(16)17)18-20(3,4)14-10-6-5-7-11-14;1-12(2)11-13(3,4)10-8-6-5-7-9-10;1-2-3-4-5(6)7/h2*5-7,9-11,13H,8,12H2,1-4H3,(H,16,17);5-9,12H,1-4H3;1H,3-4H2,(H,6,7)/b13-9+;13-9-;;. The molecule has 0 bridgehead atoms. The summed E-state index contributed by atoms with van der Waals surface area (Å²) in [5.41, 5.74) is 4.21. The molecule has 9 nitrogen and oxygen atoms in total. The molecule has 0 radical (unpaired) electrons. The Labute approximate surface area is 368 Å². The first-order chi connectivity index (χ1) is 27.7. The number of carboxylic acid groups (broad SMARTS) is 3. The summed E-state index contributed by atoms with van der Waals surface area (Å²) < 4.78 is 19.0. The van der Waals surface area contributed by atoms with Crippen LogP contribution in [0.4, 0.5) is 0 Å². The second-order valence-electron chi connectivity index (χ2n) is 17.0. The minimum Gasteiger partial charge on any atom is -0.481 e. The monoisotopic (exact) mass is 924 g/mol. The average Bonchev–Trinajstić information content (AvgIpc) is 3.15. The van der Waals surface area contributed by atoms with E-state index in [0.717, 1.165) is 0 Å². The van der Waals surface area contributed by atoms with Crippen molar-refractivity contribution in [2.75, 3.05) is 0 Å². The molecule has 330 valence electrons. The summed E-state index contributed by atoms with van der Waals surface area (Å²) in [6, 6.07) is 31.3. The van der Waals surface area contributed by atoms with Gasteiger partial charge in [0, 0.05) is 19.3 Å². The van der Waals surface area contributed by atoms with Crippen LogP contribution in [-0.4, -0.2) is 83.9 Å². The van der Waals surface area contributed by atoms with Crippen molar-refractivity contribution in [1.82, 2.24) is 0 Å². The van der Waals surface area contributed by atoms with Crippen molar-refractivity contribution >= 4 is 84.1 Å². The van der Waals surface area contributed by atoms with Crippen molar-refractivity contribution in [3.63, 3.8) is 0 Å². The van der Waals surface area contributed by atoms with Crippen molar-refractivity contribution in [3.05, 3.63) is 115 Å². The fraction of sp³-hybridized carbons (Fsp3) is 0.400. The van der Waals surface area contributed by atoms with Gasteiger partial charge in [0.25, 0.3) is 0 Å². The van der Waals surface area contributed by atoms with Gasteiger partial charge in [0.15, 0.2) is 25.7 Å². The highest BCUT2D eigenvalue weighted by Gasteiger charge is 2.34. The first kappa shape index (κ1) is 56.3. The number of aliphatic carboxylic acids is 3. The molecule has 0 aliphatic heterocycles. The third kappa shape index (κ3) is 27.2. The lowest BCUT2D eigenvalue weighted by atomic mass is 10.3. The van der Waals surface area contributed by atoms with Crippen LogP contribution in [0.1, 0.15) is 38.5 Å². The molecule has 3 aromatic rings. The molecule has 0 fully saturated rings. The van der Waals surface area contributed by atoms with E-state index in [4.69, 9.17) is 34.1 Å². The van der Waals surface area contributed by atoms with Gasteiger partial charge in [-0.1, -0.05) is 115 Å².